The van der Waals surface area contributed by atoms with E-state index in [1.165, 1.54) is 5.56 Å². The summed E-state index contributed by atoms with van der Waals surface area (Å²) in [6.45, 7) is 0.844. The fraction of sp³-hybridized carbons (Fsp3) is 0.200. The first kappa shape index (κ1) is 13.2. The molecule has 0 spiro atoms. The van der Waals surface area contributed by atoms with Gasteiger partial charge >= 0.3 is 8.25 Å². The predicted molar refractivity (Wildman–Crippen MR) is 76.6 cm³/mol. The molecule has 1 aliphatic heterocycles. The van der Waals surface area contributed by atoms with E-state index in [1.54, 1.807) is 24.3 Å². The molecule has 2 atom stereocenters. The van der Waals surface area contributed by atoms with Crippen LogP contribution in [0.25, 0.3) is 0 Å². The zero-order valence-corrected chi connectivity index (χ0v) is 11.8. The van der Waals surface area contributed by atoms with Gasteiger partial charge in [0.1, 0.15) is 11.5 Å². The quantitative estimate of drug-likeness (QED) is 0.603. The summed E-state index contributed by atoms with van der Waals surface area (Å²) < 4.78 is 27.5. The number of benzene rings is 2. The van der Waals surface area contributed by atoms with Crippen molar-refractivity contribution in [3.63, 3.8) is 0 Å². The maximum absolute atomic E-state index is 11.8. The Morgan fingerprint density at radius 2 is 1.60 bits per heavy atom. The molecule has 0 radical (unpaired) electrons. The van der Waals surface area contributed by atoms with Crippen LogP contribution >= 0.6 is 8.25 Å². The SMILES string of the molecule is O=[PH](Oc1ccccc1)Oc1ccc(CC2CO2)cc1. The summed E-state index contributed by atoms with van der Waals surface area (Å²) in [5.41, 5.74) is 1.18. The van der Waals surface area contributed by atoms with Crippen molar-refractivity contribution in [3.8, 4) is 11.5 Å². The lowest BCUT2D eigenvalue weighted by atomic mass is 10.1. The van der Waals surface area contributed by atoms with Gasteiger partial charge < -0.3 is 13.8 Å². The Morgan fingerprint density at radius 1 is 1.00 bits per heavy atom. The molecule has 4 nitrogen and oxygen atoms in total. The van der Waals surface area contributed by atoms with Crippen molar-refractivity contribution >= 4 is 8.25 Å². The number of ether oxygens (including phenoxy) is 1. The van der Waals surface area contributed by atoms with Crippen LogP contribution in [-0.2, 0) is 15.7 Å². The molecule has 3 rings (SSSR count). The second-order valence-corrected chi connectivity index (χ2v) is 5.48. The van der Waals surface area contributed by atoms with Crippen molar-refractivity contribution in [2.45, 2.75) is 12.5 Å². The first-order valence-electron chi connectivity index (χ1n) is 6.45. The zero-order chi connectivity index (χ0) is 13.8. The van der Waals surface area contributed by atoms with E-state index in [9.17, 15) is 4.57 Å². The fourth-order valence-corrected chi connectivity index (χ4v) is 2.54. The minimum atomic E-state index is -2.59. The molecular formula is C15H15O4P. The van der Waals surface area contributed by atoms with E-state index in [-0.39, 0.29) is 0 Å². The lowest BCUT2D eigenvalue weighted by Crippen LogP contribution is -1.93. The largest absolute Gasteiger partial charge is 0.418 e. The van der Waals surface area contributed by atoms with Crippen LogP contribution in [0.3, 0.4) is 0 Å². The molecule has 20 heavy (non-hydrogen) atoms. The Balaban J connectivity index is 1.55. The Labute approximate surface area is 118 Å². The summed E-state index contributed by atoms with van der Waals surface area (Å²) in [4.78, 5) is 0. The number of hydrogen-bond donors (Lipinski definition) is 0. The van der Waals surface area contributed by atoms with Crippen LogP contribution in [0.2, 0.25) is 0 Å². The van der Waals surface area contributed by atoms with Gasteiger partial charge in [-0.15, -0.1) is 0 Å². The molecule has 0 N–H and O–H groups in total. The van der Waals surface area contributed by atoms with Crippen LogP contribution in [0.4, 0.5) is 0 Å². The monoisotopic (exact) mass is 290 g/mol. The van der Waals surface area contributed by atoms with Gasteiger partial charge in [0, 0.05) is 6.42 Å². The zero-order valence-electron chi connectivity index (χ0n) is 10.8. The van der Waals surface area contributed by atoms with Crippen LogP contribution in [-0.4, -0.2) is 12.7 Å². The molecule has 0 aliphatic carbocycles. The van der Waals surface area contributed by atoms with Gasteiger partial charge in [-0.25, -0.2) is 4.57 Å². The topological polar surface area (TPSA) is 48.1 Å². The highest BCUT2D eigenvalue weighted by atomic mass is 31.1. The predicted octanol–water partition coefficient (Wildman–Crippen LogP) is 3.48. The molecule has 0 aromatic heterocycles. The van der Waals surface area contributed by atoms with Crippen LogP contribution < -0.4 is 9.05 Å². The van der Waals surface area contributed by atoms with Gasteiger partial charge in [0.2, 0.25) is 0 Å². The highest BCUT2D eigenvalue weighted by molar-refractivity contribution is 7.34. The molecule has 0 bridgehead atoms. The lowest BCUT2D eigenvalue weighted by molar-refractivity contribution is 0.407. The summed E-state index contributed by atoms with van der Waals surface area (Å²) in [5, 5.41) is 0. The highest BCUT2D eigenvalue weighted by Gasteiger charge is 2.22. The lowest BCUT2D eigenvalue weighted by Gasteiger charge is -2.08. The molecule has 2 aromatic rings. The first-order valence-corrected chi connectivity index (χ1v) is 7.67. The Bertz CT molecular complexity index is 579. The number of rotatable bonds is 6. The van der Waals surface area contributed by atoms with Gasteiger partial charge in [-0.1, -0.05) is 30.3 Å². The minimum absolute atomic E-state index is 0.363. The first-order chi connectivity index (χ1) is 9.79. The van der Waals surface area contributed by atoms with Gasteiger partial charge in [0.25, 0.3) is 0 Å². The van der Waals surface area contributed by atoms with Crippen LogP contribution in [0.5, 0.6) is 11.5 Å². The normalized spacial score (nSPS) is 18.3. The molecule has 2 aromatic carbocycles. The van der Waals surface area contributed by atoms with Gasteiger partial charge in [0.15, 0.2) is 0 Å². The second-order valence-electron chi connectivity index (χ2n) is 4.57. The van der Waals surface area contributed by atoms with E-state index in [1.807, 2.05) is 30.3 Å². The van der Waals surface area contributed by atoms with E-state index in [0.717, 1.165) is 13.0 Å². The van der Waals surface area contributed by atoms with Crippen molar-refractivity contribution < 1.29 is 18.3 Å². The number of hydrogen-bond acceptors (Lipinski definition) is 4. The second kappa shape index (κ2) is 6.12. The minimum Gasteiger partial charge on any atom is -0.418 e. The van der Waals surface area contributed by atoms with Crippen molar-refractivity contribution in [3.05, 3.63) is 60.2 Å². The third-order valence-corrected chi connectivity index (χ3v) is 3.74. The van der Waals surface area contributed by atoms with Crippen molar-refractivity contribution in [1.82, 2.24) is 0 Å². The van der Waals surface area contributed by atoms with E-state index >= 15 is 0 Å². The maximum Gasteiger partial charge on any atom is 0.418 e. The van der Waals surface area contributed by atoms with Crippen LogP contribution in [0, 0.1) is 0 Å². The Morgan fingerprint density at radius 3 is 2.20 bits per heavy atom. The molecule has 1 heterocycles. The molecule has 5 heteroatoms. The molecule has 1 saturated heterocycles. The maximum atomic E-state index is 11.8. The molecule has 2 unspecified atom stereocenters. The van der Waals surface area contributed by atoms with E-state index in [0.29, 0.717) is 17.6 Å². The van der Waals surface area contributed by atoms with Gasteiger partial charge in [-0.3, -0.25) is 0 Å². The average molecular weight is 290 g/mol. The van der Waals surface area contributed by atoms with Gasteiger partial charge in [0.05, 0.1) is 12.7 Å². The number of para-hydroxylation sites is 1. The van der Waals surface area contributed by atoms with Gasteiger partial charge in [-0.2, -0.15) is 0 Å². The summed E-state index contributed by atoms with van der Waals surface area (Å²) >= 11 is 0. The third-order valence-electron chi connectivity index (χ3n) is 2.93. The summed E-state index contributed by atoms with van der Waals surface area (Å²) in [5.74, 6) is 1.09. The molecule has 0 amide bonds. The fourth-order valence-electron chi connectivity index (χ4n) is 1.84. The smallest absolute Gasteiger partial charge is 0.418 e. The molecular weight excluding hydrogens is 275 g/mol. The average Bonchev–Trinajstić information content (AvgIpc) is 3.26. The van der Waals surface area contributed by atoms with Crippen molar-refractivity contribution in [2.24, 2.45) is 0 Å². The standard InChI is InChI=1S/C15H15O4P/c16-20(18-13-4-2-1-3-5-13)19-14-8-6-12(7-9-14)10-15-11-17-15/h1-9,15,20H,10-11H2. The summed E-state index contributed by atoms with van der Waals surface area (Å²) in [6, 6.07) is 16.5. The van der Waals surface area contributed by atoms with Crippen molar-refractivity contribution in [1.29, 1.82) is 0 Å². The van der Waals surface area contributed by atoms with E-state index in [4.69, 9.17) is 13.8 Å². The Hall–Kier alpha value is -1.77. The summed E-state index contributed by atoms with van der Waals surface area (Å²) in [7, 11) is -2.59. The third kappa shape index (κ3) is 3.86. The van der Waals surface area contributed by atoms with E-state index < -0.39 is 8.25 Å². The van der Waals surface area contributed by atoms with Crippen molar-refractivity contribution in [2.75, 3.05) is 6.61 Å². The molecule has 1 fully saturated rings. The van der Waals surface area contributed by atoms with Gasteiger partial charge in [-0.05, 0) is 29.8 Å². The summed E-state index contributed by atoms with van der Waals surface area (Å²) in [6.07, 6.45) is 1.28. The molecule has 0 saturated carbocycles. The van der Waals surface area contributed by atoms with Crippen LogP contribution in [0.15, 0.2) is 54.6 Å². The molecule has 1 aliphatic rings. The number of epoxide rings is 1. The highest BCUT2D eigenvalue weighted by Crippen LogP contribution is 2.30. The Kier molecular flexibility index (Phi) is 4.05. The van der Waals surface area contributed by atoms with Crippen LogP contribution in [0.1, 0.15) is 5.56 Å². The molecule has 104 valence electrons. The van der Waals surface area contributed by atoms with E-state index in [2.05, 4.69) is 0 Å².